The minimum atomic E-state index is -1.06. The topological polar surface area (TPSA) is 146 Å². The van der Waals surface area contributed by atoms with E-state index < -0.39 is 42.3 Å². The second-order valence-electron chi connectivity index (χ2n) is 11.8. The summed E-state index contributed by atoms with van der Waals surface area (Å²) in [5.41, 5.74) is 9.77. The first-order chi connectivity index (χ1) is 21.6. The quantitative estimate of drug-likeness (QED) is 0.199. The standard InChI is InChI=1S/C35H45N5O5/c1-23-12-10-13-24(2)32(23)45-35(44)39-29(21-27-16-8-5-9-17-27)30(41)22-28(20-26-14-6-4-7-15-26)38-33(42)31(25(3)36)40-19-11-18-37-34(40)43/h4-10,12-17,25,28-31,41H,11,18-22,36H2,1-3H3,(H,37,43)(H,38,42)(H,39,44)/t25?,28-,29-,30-,31?/m0/s1. The number of ether oxygens (including phenoxy) is 1. The number of benzene rings is 3. The van der Waals surface area contributed by atoms with E-state index in [1.165, 1.54) is 4.90 Å². The maximum absolute atomic E-state index is 13.7. The molecule has 1 saturated heterocycles. The molecule has 0 aliphatic carbocycles. The Kier molecular flexibility index (Phi) is 11.9. The van der Waals surface area contributed by atoms with Crippen molar-refractivity contribution in [1.29, 1.82) is 0 Å². The van der Waals surface area contributed by atoms with E-state index in [0.717, 1.165) is 22.3 Å². The van der Waals surface area contributed by atoms with Crippen LogP contribution in [0.25, 0.3) is 0 Å². The van der Waals surface area contributed by atoms with Gasteiger partial charge in [0.2, 0.25) is 5.91 Å². The first kappa shape index (κ1) is 33.5. The third-order valence-electron chi connectivity index (χ3n) is 8.08. The molecule has 0 radical (unpaired) electrons. The van der Waals surface area contributed by atoms with Gasteiger partial charge in [-0.15, -0.1) is 0 Å². The fraction of sp³-hybridized carbons (Fsp3) is 0.400. The van der Waals surface area contributed by atoms with Gasteiger partial charge in [-0.2, -0.15) is 0 Å². The van der Waals surface area contributed by atoms with Crippen molar-refractivity contribution >= 4 is 18.0 Å². The van der Waals surface area contributed by atoms with Crippen molar-refractivity contribution in [3.05, 3.63) is 101 Å². The SMILES string of the molecule is Cc1cccc(C)c1OC(=O)N[C@@H](Cc1ccccc1)[C@@H](O)C[C@H](Cc1ccccc1)NC(=O)C(C(C)N)N1CCCNC1=O. The summed E-state index contributed by atoms with van der Waals surface area (Å²) in [6, 6.07) is 21.7. The fourth-order valence-corrected chi connectivity index (χ4v) is 5.80. The molecule has 0 saturated carbocycles. The van der Waals surface area contributed by atoms with Crippen LogP contribution in [0, 0.1) is 13.8 Å². The van der Waals surface area contributed by atoms with Gasteiger partial charge >= 0.3 is 12.1 Å². The number of hydrogen-bond donors (Lipinski definition) is 5. The maximum Gasteiger partial charge on any atom is 0.412 e. The molecule has 3 aromatic rings. The molecule has 0 bridgehead atoms. The van der Waals surface area contributed by atoms with Crippen molar-refractivity contribution in [3.8, 4) is 5.75 Å². The average molecular weight is 616 g/mol. The predicted octanol–water partition coefficient (Wildman–Crippen LogP) is 3.61. The van der Waals surface area contributed by atoms with Crippen LogP contribution in [0.4, 0.5) is 9.59 Å². The highest BCUT2D eigenvalue weighted by molar-refractivity contribution is 5.88. The summed E-state index contributed by atoms with van der Waals surface area (Å²) in [4.78, 5) is 41.0. The first-order valence-electron chi connectivity index (χ1n) is 15.5. The van der Waals surface area contributed by atoms with Gasteiger partial charge in [0.05, 0.1) is 12.1 Å². The summed E-state index contributed by atoms with van der Waals surface area (Å²) >= 11 is 0. The van der Waals surface area contributed by atoms with Crippen LogP contribution in [0.2, 0.25) is 0 Å². The zero-order chi connectivity index (χ0) is 32.3. The minimum Gasteiger partial charge on any atom is -0.410 e. The number of nitrogens with zero attached hydrogens (tertiary/aromatic N) is 1. The molecule has 4 amide bonds. The molecule has 10 nitrogen and oxygen atoms in total. The molecule has 3 aromatic carbocycles. The van der Waals surface area contributed by atoms with Crippen LogP contribution in [-0.4, -0.2) is 71.4 Å². The molecule has 0 aromatic heterocycles. The Bertz CT molecular complexity index is 1400. The summed E-state index contributed by atoms with van der Waals surface area (Å²) in [5.74, 6) is 0.0815. The molecule has 2 unspecified atom stereocenters. The Labute approximate surface area is 265 Å². The number of carbonyl (C=O) groups is 3. The van der Waals surface area contributed by atoms with Crippen molar-refractivity contribution in [2.75, 3.05) is 13.1 Å². The van der Waals surface area contributed by atoms with Crippen LogP contribution in [0.5, 0.6) is 5.75 Å². The summed E-state index contributed by atoms with van der Waals surface area (Å²) in [5, 5.41) is 20.4. The number of urea groups is 1. The highest BCUT2D eigenvalue weighted by Gasteiger charge is 2.36. The van der Waals surface area contributed by atoms with Gasteiger partial charge in [-0.1, -0.05) is 78.9 Å². The van der Waals surface area contributed by atoms with Gasteiger partial charge in [0.1, 0.15) is 11.8 Å². The molecule has 45 heavy (non-hydrogen) atoms. The highest BCUT2D eigenvalue weighted by Crippen LogP contribution is 2.23. The number of para-hydroxylation sites is 1. The lowest BCUT2D eigenvalue weighted by Crippen LogP contribution is -2.62. The molecule has 240 valence electrons. The molecule has 0 spiro atoms. The molecule has 1 aliphatic rings. The molecule has 10 heteroatoms. The predicted molar refractivity (Wildman–Crippen MR) is 174 cm³/mol. The second-order valence-corrected chi connectivity index (χ2v) is 11.8. The molecule has 1 fully saturated rings. The van der Waals surface area contributed by atoms with E-state index >= 15 is 0 Å². The summed E-state index contributed by atoms with van der Waals surface area (Å²) in [6.07, 6.45) is -0.140. The van der Waals surface area contributed by atoms with Crippen LogP contribution in [0.15, 0.2) is 78.9 Å². The Morgan fingerprint density at radius 2 is 1.53 bits per heavy atom. The van der Waals surface area contributed by atoms with Gasteiger partial charge < -0.3 is 36.4 Å². The molecule has 6 N–H and O–H groups in total. The fourth-order valence-electron chi connectivity index (χ4n) is 5.80. The molecular weight excluding hydrogens is 570 g/mol. The van der Waals surface area contributed by atoms with Gasteiger partial charge in [0, 0.05) is 25.2 Å². The molecule has 1 aliphatic heterocycles. The van der Waals surface area contributed by atoms with E-state index in [1.54, 1.807) is 6.92 Å². The number of aliphatic hydroxyl groups is 1. The van der Waals surface area contributed by atoms with Gasteiger partial charge in [-0.05, 0) is 68.7 Å². The van der Waals surface area contributed by atoms with Crippen LogP contribution < -0.4 is 26.4 Å². The first-order valence-corrected chi connectivity index (χ1v) is 15.5. The zero-order valence-corrected chi connectivity index (χ0v) is 26.2. The van der Waals surface area contributed by atoms with Crippen LogP contribution in [0.1, 0.15) is 42.0 Å². The Morgan fingerprint density at radius 1 is 0.933 bits per heavy atom. The number of nitrogens with two attached hydrogens (primary N) is 1. The average Bonchev–Trinajstić information content (AvgIpc) is 3.00. The lowest BCUT2D eigenvalue weighted by molar-refractivity contribution is -0.127. The highest BCUT2D eigenvalue weighted by atomic mass is 16.6. The van der Waals surface area contributed by atoms with Gasteiger partial charge in [0.25, 0.3) is 0 Å². The van der Waals surface area contributed by atoms with E-state index in [-0.39, 0.29) is 12.5 Å². The van der Waals surface area contributed by atoms with Crippen molar-refractivity contribution in [2.45, 2.75) is 76.7 Å². The summed E-state index contributed by atoms with van der Waals surface area (Å²) in [7, 11) is 0. The third-order valence-corrected chi connectivity index (χ3v) is 8.08. The number of amides is 4. The Morgan fingerprint density at radius 3 is 2.11 bits per heavy atom. The van der Waals surface area contributed by atoms with E-state index in [0.29, 0.717) is 38.1 Å². The minimum absolute atomic E-state index is 0.125. The van der Waals surface area contributed by atoms with Gasteiger partial charge in [-0.3, -0.25) is 4.79 Å². The second kappa shape index (κ2) is 16.1. The number of carbonyl (C=O) groups excluding carboxylic acids is 3. The van der Waals surface area contributed by atoms with Crippen molar-refractivity contribution in [1.82, 2.24) is 20.9 Å². The van der Waals surface area contributed by atoms with Crippen LogP contribution >= 0.6 is 0 Å². The normalized spacial score (nSPS) is 16.5. The van der Waals surface area contributed by atoms with E-state index in [9.17, 15) is 19.5 Å². The number of hydrogen-bond acceptors (Lipinski definition) is 6. The molecular formula is C35H45N5O5. The van der Waals surface area contributed by atoms with E-state index in [2.05, 4.69) is 16.0 Å². The van der Waals surface area contributed by atoms with Crippen LogP contribution in [-0.2, 0) is 17.6 Å². The monoisotopic (exact) mass is 615 g/mol. The Hall–Kier alpha value is -4.41. The molecule has 4 rings (SSSR count). The molecule has 1 heterocycles. The van der Waals surface area contributed by atoms with E-state index in [1.807, 2.05) is 92.7 Å². The summed E-state index contributed by atoms with van der Waals surface area (Å²) < 4.78 is 5.71. The third kappa shape index (κ3) is 9.54. The number of rotatable bonds is 13. The summed E-state index contributed by atoms with van der Waals surface area (Å²) in [6.45, 7) is 6.41. The lowest BCUT2D eigenvalue weighted by atomic mass is 9.93. The van der Waals surface area contributed by atoms with Gasteiger partial charge in [-0.25, -0.2) is 9.59 Å². The number of nitrogens with one attached hydrogen (secondary N) is 3. The van der Waals surface area contributed by atoms with Crippen molar-refractivity contribution in [2.24, 2.45) is 5.73 Å². The largest absolute Gasteiger partial charge is 0.412 e. The lowest BCUT2D eigenvalue weighted by Gasteiger charge is -2.37. The number of aryl methyl sites for hydroxylation is 2. The van der Waals surface area contributed by atoms with Crippen molar-refractivity contribution in [3.63, 3.8) is 0 Å². The maximum atomic E-state index is 13.7. The molecule has 5 atom stereocenters. The van der Waals surface area contributed by atoms with Gasteiger partial charge in [0.15, 0.2) is 0 Å². The zero-order valence-electron chi connectivity index (χ0n) is 26.2. The smallest absolute Gasteiger partial charge is 0.410 e. The van der Waals surface area contributed by atoms with E-state index in [4.69, 9.17) is 10.5 Å². The van der Waals surface area contributed by atoms with Crippen molar-refractivity contribution < 1.29 is 24.2 Å². The Balaban J connectivity index is 1.55. The van der Waals surface area contributed by atoms with Crippen LogP contribution in [0.3, 0.4) is 0 Å². The number of aliphatic hydroxyl groups excluding tert-OH is 1.